The maximum absolute atomic E-state index is 8.58. The predicted octanol–water partition coefficient (Wildman–Crippen LogP) is 2.58. The van der Waals surface area contributed by atoms with Crippen LogP contribution in [-0.4, -0.2) is 23.6 Å². The minimum absolute atomic E-state index is 0.416. The SMILES string of the molecule is ON=C1CCC(OCCC2CC2)CC1. The maximum Gasteiger partial charge on any atom is 0.0582 e. The van der Waals surface area contributed by atoms with Crippen molar-refractivity contribution in [1.82, 2.24) is 0 Å². The third-order valence-corrected chi connectivity index (χ3v) is 3.23. The van der Waals surface area contributed by atoms with E-state index in [0.717, 1.165) is 43.9 Å². The van der Waals surface area contributed by atoms with Crippen molar-refractivity contribution in [2.75, 3.05) is 6.61 Å². The Morgan fingerprint density at radius 1 is 1.21 bits per heavy atom. The summed E-state index contributed by atoms with van der Waals surface area (Å²) in [5, 5.41) is 11.8. The number of hydrogen-bond acceptors (Lipinski definition) is 3. The predicted molar refractivity (Wildman–Crippen MR) is 54.8 cm³/mol. The molecule has 2 aliphatic rings. The second-order valence-corrected chi connectivity index (χ2v) is 4.47. The summed E-state index contributed by atoms with van der Waals surface area (Å²) >= 11 is 0. The molecule has 0 aromatic rings. The quantitative estimate of drug-likeness (QED) is 0.556. The highest BCUT2D eigenvalue weighted by Gasteiger charge is 2.22. The molecule has 80 valence electrons. The van der Waals surface area contributed by atoms with Crippen molar-refractivity contribution in [1.29, 1.82) is 0 Å². The highest BCUT2D eigenvalue weighted by Crippen LogP contribution is 2.32. The summed E-state index contributed by atoms with van der Waals surface area (Å²) < 4.78 is 5.79. The molecule has 0 atom stereocenters. The Hall–Kier alpha value is -0.570. The highest BCUT2D eigenvalue weighted by molar-refractivity contribution is 5.84. The van der Waals surface area contributed by atoms with Gasteiger partial charge in [0.2, 0.25) is 0 Å². The van der Waals surface area contributed by atoms with E-state index in [1.54, 1.807) is 0 Å². The van der Waals surface area contributed by atoms with Gasteiger partial charge >= 0.3 is 0 Å². The lowest BCUT2D eigenvalue weighted by Crippen LogP contribution is -2.22. The van der Waals surface area contributed by atoms with E-state index in [-0.39, 0.29) is 0 Å². The molecule has 0 bridgehead atoms. The van der Waals surface area contributed by atoms with E-state index in [4.69, 9.17) is 9.94 Å². The average Bonchev–Trinajstić information content (AvgIpc) is 3.03. The summed E-state index contributed by atoms with van der Waals surface area (Å²) in [5.74, 6) is 0.966. The highest BCUT2D eigenvalue weighted by atomic mass is 16.5. The van der Waals surface area contributed by atoms with Crippen molar-refractivity contribution in [3.8, 4) is 0 Å². The third kappa shape index (κ3) is 2.98. The molecule has 0 spiro atoms. The van der Waals surface area contributed by atoms with Gasteiger partial charge in [-0.05, 0) is 38.0 Å². The normalized spacial score (nSPS) is 27.7. The Morgan fingerprint density at radius 2 is 1.93 bits per heavy atom. The van der Waals surface area contributed by atoms with Crippen molar-refractivity contribution < 1.29 is 9.94 Å². The van der Waals surface area contributed by atoms with E-state index in [1.165, 1.54) is 19.3 Å². The molecule has 14 heavy (non-hydrogen) atoms. The monoisotopic (exact) mass is 197 g/mol. The van der Waals surface area contributed by atoms with E-state index in [2.05, 4.69) is 5.16 Å². The van der Waals surface area contributed by atoms with Gasteiger partial charge < -0.3 is 9.94 Å². The standard InChI is InChI=1S/C11H19NO2/c13-12-10-3-5-11(6-4-10)14-8-7-9-1-2-9/h9,11,13H,1-8H2. The summed E-state index contributed by atoms with van der Waals surface area (Å²) in [5.41, 5.74) is 0.937. The van der Waals surface area contributed by atoms with Crippen molar-refractivity contribution >= 4 is 5.71 Å². The molecule has 2 saturated carbocycles. The molecule has 0 saturated heterocycles. The lowest BCUT2D eigenvalue weighted by molar-refractivity contribution is 0.0363. The van der Waals surface area contributed by atoms with Crippen LogP contribution in [0.1, 0.15) is 44.9 Å². The second-order valence-electron chi connectivity index (χ2n) is 4.47. The molecule has 0 heterocycles. The van der Waals surface area contributed by atoms with Crippen molar-refractivity contribution in [2.45, 2.75) is 51.0 Å². The van der Waals surface area contributed by atoms with E-state index in [1.807, 2.05) is 0 Å². The van der Waals surface area contributed by atoms with Crippen LogP contribution in [0.2, 0.25) is 0 Å². The third-order valence-electron chi connectivity index (χ3n) is 3.23. The van der Waals surface area contributed by atoms with E-state index < -0.39 is 0 Å². The molecule has 1 N–H and O–H groups in total. The first-order valence-corrected chi connectivity index (χ1v) is 5.70. The summed E-state index contributed by atoms with van der Waals surface area (Å²) in [6.45, 7) is 0.931. The minimum Gasteiger partial charge on any atom is -0.411 e. The molecule has 0 radical (unpaired) electrons. The van der Waals surface area contributed by atoms with Gasteiger partial charge in [0.05, 0.1) is 11.8 Å². The molecule has 2 fully saturated rings. The van der Waals surface area contributed by atoms with Gasteiger partial charge in [-0.1, -0.05) is 18.0 Å². The summed E-state index contributed by atoms with van der Waals surface area (Å²) in [4.78, 5) is 0. The average molecular weight is 197 g/mol. The Balaban J connectivity index is 1.57. The van der Waals surface area contributed by atoms with E-state index >= 15 is 0 Å². The molecule has 0 aromatic heterocycles. The fourth-order valence-corrected chi connectivity index (χ4v) is 2.00. The minimum atomic E-state index is 0.416. The van der Waals surface area contributed by atoms with Gasteiger partial charge in [0.15, 0.2) is 0 Å². The zero-order valence-electron chi connectivity index (χ0n) is 8.61. The Morgan fingerprint density at radius 3 is 2.50 bits per heavy atom. The smallest absolute Gasteiger partial charge is 0.0582 e. The largest absolute Gasteiger partial charge is 0.411 e. The lowest BCUT2D eigenvalue weighted by atomic mass is 9.96. The van der Waals surface area contributed by atoms with Crippen LogP contribution >= 0.6 is 0 Å². The second kappa shape index (κ2) is 4.78. The van der Waals surface area contributed by atoms with Crippen LogP contribution in [0.15, 0.2) is 5.16 Å². The number of nitrogens with zero attached hydrogens (tertiary/aromatic N) is 1. The molecule has 3 nitrogen and oxygen atoms in total. The molecule has 0 unspecified atom stereocenters. The fraction of sp³-hybridized carbons (Fsp3) is 0.909. The Kier molecular flexibility index (Phi) is 3.40. The van der Waals surface area contributed by atoms with Gasteiger partial charge in [0.25, 0.3) is 0 Å². The van der Waals surface area contributed by atoms with Gasteiger partial charge in [0.1, 0.15) is 0 Å². The topological polar surface area (TPSA) is 41.8 Å². The number of oxime groups is 1. The van der Waals surface area contributed by atoms with Crippen LogP contribution < -0.4 is 0 Å². The van der Waals surface area contributed by atoms with Crippen molar-refractivity contribution in [3.63, 3.8) is 0 Å². The zero-order valence-corrected chi connectivity index (χ0v) is 8.61. The summed E-state index contributed by atoms with van der Waals surface area (Å²) in [7, 11) is 0. The Labute approximate surface area is 85.1 Å². The summed E-state index contributed by atoms with van der Waals surface area (Å²) in [6.07, 6.45) is 8.37. The molecule has 0 aromatic carbocycles. The van der Waals surface area contributed by atoms with Gasteiger partial charge in [0, 0.05) is 6.61 Å². The first-order chi connectivity index (χ1) is 6.88. The van der Waals surface area contributed by atoms with Crippen LogP contribution in [0.5, 0.6) is 0 Å². The molecular weight excluding hydrogens is 178 g/mol. The van der Waals surface area contributed by atoms with Crippen molar-refractivity contribution in [3.05, 3.63) is 0 Å². The van der Waals surface area contributed by atoms with Gasteiger partial charge in [-0.3, -0.25) is 0 Å². The maximum atomic E-state index is 8.58. The number of ether oxygens (including phenoxy) is 1. The van der Waals surface area contributed by atoms with Crippen LogP contribution in [0.3, 0.4) is 0 Å². The van der Waals surface area contributed by atoms with E-state index in [9.17, 15) is 0 Å². The molecule has 2 aliphatic carbocycles. The van der Waals surface area contributed by atoms with E-state index in [0.29, 0.717) is 6.10 Å². The van der Waals surface area contributed by atoms with Crippen molar-refractivity contribution in [2.24, 2.45) is 11.1 Å². The Bertz CT molecular complexity index is 201. The molecule has 0 aliphatic heterocycles. The van der Waals surface area contributed by atoms with Gasteiger partial charge in [-0.25, -0.2) is 0 Å². The molecule has 3 heteroatoms. The van der Waals surface area contributed by atoms with Crippen LogP contribution in [0.25, 0.3) is 0 Å². The first kappa shape index (κ1) is 9.97. The molecular formula is C11H19NO2. The summed E-state index contributed by atoms with van der Waals surface area (Å²) in [6, 6.07) is 0. The fourth-order valence-electron chi connectivity index (χ4n) is 2.00. The van der Waals surface area contributed by atoms with Gasteiger partial charge in [-0.2, -0.15) is 0 Å². The number of hydrogen-bond donors (Lipinski definition) is 1. The van der Waals surface area contributed by atoms with Crippen LogP contribution in [0.4, 0.5) is 0 Å². The first-order valence-electron chi connectivity index (χ1n) is 5.70. The molecule has 2 rings (SSSR count). The number of rotatable bonds is 4. The van der Waals surface area contributed by atoms with Gasteiger partial charge in [-0.15, -0.1) is 0 Å². The lowest BCUT2D eigenvalue weighted by Gasteiger charge is -2.22. The zero-order chi connectivity index (χ0) is 9.80. The van der Waals surface area contributed by atoms with Crippen LogP contribution in [0, 0.1) is 5.92 Å². The van der Waals surface area contributed by atoms with Crippen LogP contribution in [-0.2, 0) is 4.74 Å². The molecule has 0 amide bonds.